The van der Waals surface area contributed by atoms with E-state index in [4.69, 9.17) is 0 Å². The normalized spacial score (nSPS) is 15.6. The van der Waals surface area contributed by atoms with Crippen molar-refractivity contribution in [2.45, 2.75) is 136 Å². The molecule has 0 aromatic rings. The fourth-order valence-corrected chi connectivity index (χ4v) is 4.80. The maximum atomic E-state index is 12.8. The summed E-state index contributed by atoms with van der Waals surface area (Å²) in [5.74, 6) is -4.32. The summed E-state index contributed by atoms with van der Waals surface area (Å²) in [6.07, 6.45) is 12.3. The number of aliphatic hydroxyl groups is 3. The van der Waals surface area contributed by atoms with E-state index in [0.29, 0.717) is 12.8 Å². The molecule has 0 bridgehead atoms. The van der Waals surface area contributed by atoms with Crippen LogP contribution >= 0.6 is 0 Å². The number of unbranched alkanes of at least 4 members (excludes halogenated alkanes) is 12. The first-order chi connectivity index (χ1) is 16.5. The van der Waals surface area contributed by atoms with E-state index in [-0.39, 0.29) is 6.42 Å². The number of rotatable bonds is 21. The van der Waals surface area contributed by atoms with Crippen LogP contribution < -0.4 is 0 Å². The molecule has 3 N–H and O–H groups in total. The third kappa shape index (κ3) is 10.9. The Labute approximate surface area is 210 Å². The van der Waals surface area contributed by atoms with Crippen molar-refractivity contribution in [2.75, 3.05) is 6.61 Å². The summed E-state index contributed by atoms with van der Waals surface area (Å²) in [7, 11) is 0. The van der Waals surface area contributed by atoms with Gasteiger partial charge in [0.2, 0.25) is 5.60 Å². The number of carbonyl (C=O) groups is 4. The molecule has 0 fully saturated rings. The smallest absolute Gasteiger partial charge is 0.354 e. The lowest BCUT2D eigenvalue weighted by atomic mass is 9.61. The lowest BCUT2D eigenvalue weighted by Crippen LogP contribution is -2.63. The van der Waals surface area contributed by atoms with Crippen molar-refractivity contribution < 1.29 is 39.2 Å². The van der Waals surface area contributed by atoms with E-state index >= 15 is 0 Å². The monoisotopic (exact) mass is 500 g/mol. The van der Waals surface area contributed by atoms with Gasteiger partial charge < -0.3 is 20.1 Å². The summed E-state index contributed by atoms with van der Waals surface area (Å²) in [5.41, 5.74) is -4.97. The molecular weight excluding hydrogens is 452 g/mol. The molecule has 35 heavy (non-hydrogen) atoms. The van der Waals surface area contributed by atoms with Crippen molar-refractivity contribution in [3.8, 4) is 0 Å². The summed E-state index contributed by atoms with van der Waals surface area (Å²) in [6.45, 7) is 4.51. The van der Waals surface area contributed by atoms with Gasteiger partial charge in [-0.05, 0) is 26.7 Å². The van der Waals surface area contributed by atoms with Crippen LogP contribution in [-0.4, -0.2) is 57.1 Å². The maximum Gasteiger partial charge on any atom is 0.354 e. The minimum atomic E-state index is -2.95. The fraction of sp³-hybridized carbons (Fsp3) is 0.852. The Hall–Kier alpha value is -1.64. The minimum Gasteiger partial charge on any atom is -0.394 e. The molecular formula is C27H48O8. The van der Waals surface area contributed by atoms with Crippen molar-refractivity contribution in [1.29, 1.82) is 0 Å². The van der Waals surface area contributed by atoms with Crippen LogP contribution in [-0.2, 0) is 23.9 Å². The molecule has 0 amide bonds. The minimum absolute atomic E-state index is 0.0692. The molecule has 0 radical (unpaired) electrons. The molecule has 3 unspecified atom stereocenters. The van der Waals surface area contributed by atoms with Crippen LogP contribution in [0, 0.1) is 5.41 Å². The third-order valence-electron chi connectivity index (χ3n) is 6.91. The van der Waals surface area contributed by atoms with Crippen molar-refractivity contribution in [3.63, 3.8) is 0 Å². The summed E-state index contributed by atoms with van der Waals surface area (Å²) in [4.78, 5) is 49.3. The lowest BCUT2D eigenvalue weighted by molar-refractivity contribution is -0.194. The van der Waals surface area contributed by atoms with Crippen molar-refractivity contribution >= 4 is 23.5 Å². The van der Waals surface area contributed by atoms with Gasteiger partial charge in [-0.25, -0.2) is 4.79 Å². The summed E-state index contributed by atoms with van der Waals surface area (Å²) >= 11 is 0. The molecule has 8 nitrogen and oxygen atoms in total. The second-order valence-electron chi connectivity index (χ2n) is 9.82. The van der Waals surface area contributed by atoms with Gasteiger partial charge in [-0.2, -0.15) is 0 Å². The van der Waals surface area contributed by atoms with Gasteiger partial charge in [0.05, 0.1) is 18.1 Å². The van der Waals surface area contributed by atoms with Crippen LogP contribution in [0.1, 0.15) is 124 Å². The SMILES string of the molecule is CCCCCCCCCCCCCCCC(CC(O)CO)(C(C)=O)C(O)(C(C)=O)C(=O)OC(C)=O. The van der Waals surface area contributed by atoms with Gasteiger partial charge in [0.25, 0.3) is 0 Å². The number of ether oxygens (including phenoxy) is 1. The third-order valence-corrected chi connectivity index (χ3v) is 6.91. The zero-order valence-electron chi connectivity index (χ0n) is 22.3. The predicted octanol–water partition coefficient (Wildman–Crippen LogP) is 4.20. The van der Waals surface area contributed by atoms with Crippen LogP contribution in [0.3, 0.4) is 0 Å². The first kappa shape index (κ1) is 33.4. The average Bonchev–Trinajstić information content (AvgIpc) is 2.79. The van der Waals surface area contributed by atoms with Crippen LogP contribution in [0.25, 0.3) is 0 Å². The number of ketones is 2. The van der Waals surface area contributed by atoms with E-state index in [1.165, 1.54) is 51.4 Å². The van der Waals surface area contributed by atoms with Crippen LogP contribution in [0.15, 0.2) is 0 Å². The zero-order chi connectivity index (χ0) is 26.9. The molecule has 0 aliphatic rings. The number of hydrogen-bond donors (Lipinski definition) is 3. The Morgan fingerprint density at radius 2 is 1.17 bits per heavy atom. The number of hydrogen-bond acceptors (Lipinski definition) is 8. The molecule has 0 aromatic carbocycles. The molecule has 3 atom stereocenters. The first-order valence-electron chi connectivity index (χ1n) is 13.3. The van der Waals surface area contributed by atoms with Crippen molar-refractivity contribution in [2.24, 2.45) is 5.41 Å². The number of Topliss-reactive ketones (excluding diaryl/α,β-unsaturated/α-hetero) is 2. The summed E-state index contributed by atoms with van der Waals surface area (Å²) < 4.78 is 4.52. The molecule has 0 saturated heterocycles. The van der Waals surface area contributed by atoms with Gasteiger partial charge >= 0.3 is 11.9 Å². The highest BCUT2D eigenvalue weighted by Gasteiger charge is 2.63. The van der Waals surface area contributed by atoms with E-state index < -0.39 is 53.7 Å². The topological polar surface area (TPSA) is 138 Å². The molecule has 8 heteroatoms. The molecule has 0 aliphatic heterocycles. The second kappa shape index (κ2) is 17.7. The number of aliphatic hydroxyl groups excluding tert-OH is 2. The summed E-state index contributed by atoms with van der Waals surface area (Å²) in [5, 5.41) is 30.7. The molecule has 204 valence electrons. The van der Waals surface area contributed by atoms with Gasteiger partial charge in [0, 0.05) is 6.92 Å². The fourth-order valence-electron chi connectivity index (χ4n) is 4.80. The van der Waals surface area contributed by atoms with E-state index in [2.05, 4.69) is 11.7 Å². The summed E-state index contributed by atoms with van der Waals surface area (Å²) in [6, 6.07) is 0. The number of esters is 2. The Kier molecular flexibility index (Phi) is 16.9. The van der Waals surface area contributed by atoms with Gasteiger partial charge in [-0.1, -0.05) is 90.4 Å². The molecule has 0 rings (SSSR count). The Balaban J connectivity index is 5.03. The Morgan fingerprint density at radius 3 is 1.51 bits per heavy atom. The van der Waals surface area contributed by atoms with E-state index in [1.807, 2.05) is 0 Å². The van der Waals surface area contributed by atoms with Gasteiger partial charge in [-0.15, -0.1) is 0 Å². The molecule has 0 saturated carbocycles. The Bertz CT molecular complexity index is 662. The standard InChI is InChI=1S/C27H48O8/c1-5-6-7-8-9-10-11-12-13-14-15-16-17-18-26(21(2)29,19-24(32)20-28)27(34,22(3)30)25(33)35-23(4)31/h24,28,32,34H,5-20H2,1-4H3. The Morgan fingerprint density at radius 1 is 0.743 bits per heavy atom. The lowest BCUT2D eigenvalue weighted by Gasteiger charge is -2.43. The van der Waals surface area contributed by atoms with Gasteiger partial charge in [-0.3, -0.25) is 14.4 Å². The predicted molar refractivity (Wildman–Crippen MR) is 134 cm³/mol. The molecule has 0 spiro atoms. The quantitative estimate of drug-likeness (QED) is 0.121. The molecule has 0 heterocycles. The first-order valence-corrected chi connectivity index (χ1v) is 13.3. The molecule has 0 aliphatic carbocycles. The van der Waals surface area contributed by atoms with Crippen molar-refractivity contribution in [1.82, 2.24) is 0 Å². The van der Waals surface area contributed by atoms with E-state index in [0.717, 1.165) is 40.0 Å². The van der Waals surface area contributed by atoms with Crippen LogP contribution in [0.2, 0.25) is 0 Å². The second-order valence-corrected chi connectivity index (χ2v) is 9.82. The maximum absolute atomic E-state index is 12.8. The largest absolute Gasteiger partial charge is 0.394 e. The van der Waals surface area contributed by atoms with Crippen LogP contribution in [0.4, 0.5) is 0 Å². The van der Waals surface area contributed by atoms with E-state index in [1.54, 1.807) is 0 Å². The average molecular weight is 501 g/mol. The highest BCUT2D eigenvalue weighted by Crippen LogP contribution is 2.44. The highest BCUT2D eigenvalue weighted by atomic mass is 16.6. The number of carbonyl (C=O) groups excluding carboxylic acids is 4. The van der Waals surface area contributed by atoms with Gasteiger partial charge in [0.1, 0.15) is 5.78 Å². The van der Waals surface area contributed by atoms with E-state index in [9.17, 15) is 34.5 Å². The zero-order valence-corrected chi connectivity index (χ0v) is 22.3. The molecule has 0 aromatic heterocycles. The highest BCUT2D eigenvalue weighted by molar-refractivity contribution is 6.13. The van der Waals surface area contributed by atoms with Gasteiger partial charge in [0.15, 0.2) is 5.78 Å². The van der Waals surface area contributed by atoms with Crippen molar-refractivity contribution in [3.05, 3.63) is 0 Å². The van der Waals surface area contributed by atoms with Crippen LogP contribution in [0.5, 0.6) is 0 Å².